The number of carbonyl (C=O) groups is 4. The maximum Gasteiger partial charge on any atom is 0.255 e. The van der Waals surface area contributed by atoms with Crippen LogP contribution in [0.1, 0.15) is 35.1 Å². The Bertz CT molecular complexity index is 1380. The number of aromatic hydroxyl groups is 1. The fourth-order valence-corrected chi connectivity index (χ4v) is 6.14. The quantitative estimate of drug-likeness (QED) is 0.345. The topological polar surface area (TPSA) is 182 Å². The van der Waals surface area contributed by atoms with Gasteiger partial charge in [0.1, 0.15) is 28.7 Å². The molecule has 0 radical (unpaired) electrons. The van der Waals surface area contributed by atoms with Gasteiger partial charge in [0.2, 0.25) is 11.7 Å². The molecule has 0 bridgehead atoms. The summed E-state index contributed by atoms with van der Waals surface area (Å²) in [6.45, 7) is -0.0936. The van der Waals surface area contributed by atoms with Crippen molar-refractivity contribution in [3.63, 3.8) is 0 Å². The van der Waals surface area contributed by atoms with Crippen molar-refractivity contribution in [2.24, 2.45) is 17.6 Å². The van der Waals surface area contributed by atoms with E-state index in [0.29, 0.717) is 0 Å². The number of fused-ring (bicyclic) bond motifs is 4. The normalized spacial score (nSPS) is 26.8. The van der Waals surface area contributed by atoms with Gasteiger partial charge in [-0.25, -0.2) is 4.39 Å². The van der Waals surface area contributed by atoms with Gasteiger partial charge in [0, 0.05) is 41.1 Å². The van der Waals surface area contributed by atoms with Crippen LogP contribution >= 0.6 is 0 Å². The van der Waals surface area contributed by atoms with Gasteiger partial charge in [-0.15, -0.1) is 0 Å². The van der Waals surface area contributed by atoms with Crippen molar-refractivity contribution >= 4 is 29.1 Å². The number of nitrogens with two attached hydrogens (primary N) is 1. The van der Waals surface area contributed by atoms with Crippen molar-refractivity contribution in [1.82, 2.24) is 9.80 Å². The van der Waals surface area contributed by atoms with Crippen LogP contribution in [-0.2, 0) is 38.7 Å². The van der Waals surface area contributed by atoms with Crippen molar-refractivity contribution in [3.8, 4) is 5.75 Å². The van der Waals surface area contributed by atoms with Gasteiger partial charge in [-0.2, -0.15) is 0 Å². The Kier molecular flexibility index (Phi) is 5.46. The van der Waals surface area contributed by atoms with Crippen LogP contribution in [0.2, 0.25) is 0 Å². The SMILES string of the molecule is CN(C)CC(=O)N1Cc2c(O)c3c(c(F)c2C1)CC1C[C@H]2CC(=O)C(C(N)=O)=C(O)[C@@]2(O)C(=O)C1=C3O. The summed E-state index contributed by atoms with van der Waals surface area (Å²) in [5.41, 5.74) is 1.15. The first-order valence-electron chi connectivity index (χ1n) is 11.7. The number of halogens is 1. The molecule has 1 aromatic carbocycles. The molecule has 0 aromatic heterocycles. The van der Waals surface area contributed by atoms with Crippen LogP contribution in [0.4, 0.5) is 4.39 Å². The molecule has 0 saturated heterocycles. The molecule has 3 atom stereocenters. The zero-order chi connectivity index (χ0) is 27.1. The number of phenols is 1. The van der Waals surface area contributed by atoms with Gasteiger partial charge < -0.3 is 36.0 Å². The number of hydrogen-bond donors (Lipinski definition) is 5. The molecular formula is C25H26FN3O8. The summed E-state index contributed by atoms with van der Waals surface area (Å²) in [7, 11) is 3.42. The number of aliphatic hydroxyl groups excluding tert-OH is 2. The predicted molar refractivity (Wildman–Crippen MR) is 124 cm³/mol. The molecule has 1 aliphatic heterocycles. The number of benzene rings is 1. The number of hydrogen-bond acceptors (Lipinski definition) is 9. The molecule has 1 aromatic rings. The summed E-state index contributed by atoms with van der Waals surface area (Å²) in [4.78, 5) is 53.3. The van der Waals surface area contributed by atoms with Gasteiger partial charge in [-0.1, -0.05) is 0 Å². The maximum absolute atomic E-state index is 15.8. The molecule has 196 valence electrons. The Labute approximate surface area is 210 Å². The van der Waals surface area contributed by atoms with Gasteiger partial charge in [-0.3, -0.25) is 19.2 Å². The predicted octanol–water partition coefficient (Wildman–Crippen LogP) is -0.0332. The van der Waals surface area contributed by atoms with Crippen LogP contribution in [0.15, 0.2) is 16.9 Å². The summed E-state index contributed by atoms with van der Waals surface area (Å²) in [6, 6.07) is 0. The fourth-order valence-electron chi connectivity index (χ4n) is 6.14. The smallest absolute Gasteiger partial charge is 0.255 e. The third-order valence-electron chi connectivity index (χ3n) is 7.88. The number of phenolic OH excluding ortho intramolecular Hbond substituents is 1. The summed E-state index contributed by atoms with van der Waals surface area (Å²) in [5, 5.41) is 44.1. The van der Waals surface area contributed by atoms with Gasteiger partial charge in [0.25, 0.3) is 5.91 Å². The van der Waals surface area contributed by atoms with Crippen molar-refractivity contribution in [2.45, 2.75) is 38.0 Å². The number of carbonyl (C=O) groups excluding carboxylic acids is 4. The van der Waals surface area contributed by atoms with Crippen LogP contribution in [0.25, 0.3) is 5.76 Å². The molecule has 11 nitrogen and oxygen atoms in total. The highest BCUT2D eigenvalue weighted by Crippen LogP contribution is 2.53. The highest BCUT2D eigenvalue weighted by molar-refractivity contribution is 6.22. The van der Waals surface area contributed by atoms with Gasteiger partial charge in [0.05, 0.1) is 18.7 Å². The zero-order valence-corrected chi connectivity index (χ0v) is 20.2. The van der Waals surface area contributed by atoms with E-state index in [1.807, 2.05) is 0 Å². The Morgan fingerprint density at radius 2 is 1.76 bits per heavy atom. The number of primary amides is 1. The lowest BCUT2D eigenvalue weighted by molar-refractivity contribution is -0.147. The summed E-state index contributed by atoms with van der Waals surface area (Å²) < 4.78 is 15.8. The van der Waals surface area contributed by atoms with E-state index in [4.69, 9.17) is 5.73 Å². The molecule has 1 heterocycles. The van der Waals surface area contributed by atoms with Gasteiger partial charge in [0.15, 0.2) is 11.4 Å². The van der Waals surface area contributed by atoms with Crippen molar-refractivity contribution in [3.05, 3.63) is 45.0 Å². The first-order chi connectivity index (χ1) is 17.3. The van der Waals surface area contributed by atoms with E-state index in [1.165, 1.54) is 4.90 Å². The summed E-state index contributed by atoms with van der Waals surface area (Å²) in [5.74, 6) is -8.65. The molecule has 37 heavy (non-hydrogen) atoms. The van der Waals surface area contributed by atoms with Crippen LogP contribution in [-0.4, -0.2) is 79.8 Å². The third kappa shape index (κ3) is 3.32. The first kappa shape index (κ1) is 24.9. The molecule has 0 spiro atoms. The number of ketones is 2. The highest BCUT2D eigenvalue weighted by Gasteiger charge is 2.60. The molecule has 1 unspecified atom stereocenters. The Hall–Kier alpha value is -3.77. The Morgan fingerprint density at radius 1 is 1.11 bits per heavy atom. The monoisotopic (exact) mass is 515 g/mol. The minimum Gasteiger partial charge on any atom is -0.508 e. The van der Waals surface area contributed by atoms with E-state index in [0.717, 1.165) is 0 Å². The molecule has 1 fully saturated rings. The van der Waals surface area contributed by atoms with E-state index < -0.39 is 70.0 Å². The molecular weight excluding hydrogens is 489 g/mol. The molecule has 5 rings (SSSR count). The van der Waals surface area contributed by atoms with Crippen LogP contribution < -0.4 is 5.73 Å². The van der Waals surface area contributed by atoms with Crippen LogP contribution in [0.5, 0.6) is 5.75 Å². The average molecular weight is 515 g/mol. The van der Waals surface area contributed by atoms with E-state index in [1.54, 1.807) is 19.0 Å². The van der Waals surface area contributed by atoms with E-state index in [9.17, 15) is 39.6 Å². The molecule has 4 aliphatic rings. The molecule has 3 aliphatic carbocycles. The second-order valence-corrected chi connectivity index (χ2v) is 10.4. The van der Waals surface area contributed by atoms with E-state index in [-0.39, 0.29) is 66.2 Å². The average Bonchev–Trinajstić information content (AvgIpc) is 3.25. The Balaban J connectivity index is 1.62. The van der Waals surface area contributed by atoms with E-state index >= 15 is 4.39 Å². The second kappa shape index (κ2) is 8.12. The summed E-state index contributed by atoms with van der Waals surface area (Å²) >= 11 is 0. The first-order valence-corrected chi connectivity index (χ1v) is 11.7. The summed E-state index contributed by atoms with van der Waals surface area (Å²) in [6.07, 6.45) is -0.677. The Morgan fingerprint density at radius 3 is 2.38 bits per heavy atom. The van der Waals surface area contributed by atoms with Crippen molar-refractivity contribution in [2.75, 3.05) is 20.6 Å². The maximum atomic E-state index is 15.8. The number of Topliss-reactive ketones (excluding diaryl/α,β-unsaturated/α-hetero) is 2. The number of aliphatic hydroxyl groups is 3. The van der Waals surface area contributed by atoms with E-state index in [2.05, 4.69) is 0 Å². The number of likely N-dealkylation sites (N-methyl/N-ethyl adjacent to an activating group) is 1. The van der Waals surface area contributed by atoms with Gasteiger partial charge >= 0.3 is 0 Å². The third-order valence-corrected chi connectivity index (χ3v) is 7.88. The van der Waals surface area contributed by atoms with Crippen molar-refractivity contribution in [1.29, 1.82) is 0 Å². The minimum atomic E-state index is -2.68. The van der Waals surface area contributed by atoms with Gasteiger partial charge in [-0.05, 0) is 32.9 Å². The number of rotatable bonds is 3. The molecule has 6 N–H and O–H groups in total. The lowest BCUT2D eigenvalue weighted by atomic mass is 9.59. The zero-order valence-electron chi connectivity index (χ0n) is 20.2. The second-order valence-electron chi connectivity index (χ2n) is 10.4. The van der Waals surface area contributed by atoms with Crippen LogP contribution in [0, 0.1) is 17.7 Å². The fraction of sp³-hybridized carbons (Fsp3) is 0.440. The lowest BCUT2D eigenvalue weighted by Gasteiger charge is -2.46. The molecule has 1 saturated carbocycles. The number of amides is 2. The standard InChI is InChI=1S/C25H26FN3O8/c1-28(2)8-15(31)29-6-12-13(7-29)20(32)17-11(19(12)26)4-9-3-10-5-14(30)18(24(27)36)23(35)25(10,37)22(34)16(9)21(17)33/h9-10,32-33,35,37H,3-8H2,1-2H3,(H2,27,36)/t9?,10-,25-/m0/s1. The van der Waals surface area contributed by atoms with Crippen molar-refractivity contribution < 1.29 is 44.0 Å². The number of nitrogens with zero attached hydrogens (tertiary/aromatic N) is 2. The molecule has 2 amide bonds. The molecule has 12 heteroatoms. The minimum absolute atomic E-state index is 0.0395. The van der Waals surface area contributed by atoms with Crippen LogP contribution in [0.3, 0.4) is 0 Å². The lowest BCUT2D eigenvalue weighted by Crippen LogP contribution is -2.58. The largest absolute Gasteiger partial charge is 0.508 e. The highest BCUT2D eigenvalue weighted by atomic mass is 19.1.